The van der Waals surface area contributed by atoms with Crippen molar-refractivity contribution in [2.24, 2.45) is 5.73 Å². The maximum atomic E-state index is 13.3. The lowest BCUT2D eigenvalue weighted by molar-refractivity contribution is -0.142. The van der Waals surface area contributed by atoms with E-state index in [9.17, 15) is 14.4 Å². The van der Waals surface area contributed by atoms with E-state index in [1.165, 1.54) is 7.11 Å². The molecule has 1 spiro atoms. The third-order valence-corrected chi connectivity index (χ3v) is 4.77. The zero-order valence-electron chi connectivity index (χ0n) is 16.0. The lowest BCUT2D eigenvalue weighted by Gasteiger charge is -2.36. The molecule has 2 heterocycles. The number of carbonyl (C=O) groups excluding carboxylic acids is 3. The molecule has 0 bridgehead atoms. The van der Waals surface area contributed by atoms with Gasteiger partial charge in [0.1, 0.15) is 22.3 Å². The van der Waals surface area contributed by atoms with Crippen LogP contribution in [0.4, 0.5) is 5.69 Å². The monoisotopic (exact) mass is 386 g/mol. The Morgan fingerprint density at radius 1 is 1.18 bits per heavy atom. The van der Waals surface area contributed by atoms with E-state index in [1.54, 1.807) is 31.2 Å². The Morgan fingerprint density at radius 2 is 1.89 bits per heavy atom. The van der Waals surface area contributed by atoms with Gasteiger partial charge in [0.2, 0.25) is 11.8 Å². The van der Waals surface area contributed by atoms with Crippen molar-refractivity contribution in [2.45, 2.75) is 32.1 Å². The molecule has 148 valence electrons. The van der Waals surface area contributed by atoms with Crippen molar-refractivity contribution in [1.82, 2.24) is 0 Å². The average Bonchev–Trinajstić information content (AvgIpc) is 2.94. The first-order valence-corrected chi connectivity index (χ1v) is 9.01. The smallest absolute Gasteiger partial charge is 0.341 e. The van der Waals surface area contributed by atoms with E-state index in [0.29, 0.717) is 24.1 Å². The molecule has 3 rings (SSSR count). The average molecular weight is 386 g/mol. The maximum Gasteiger partial charge on any atom is 0.341 e. The van der Waals surface area contributed by atoms with Crippen molar-refractivity contribution in [2.75, 3.05) is 19.0 Å². The fourth-order valence-corrected chi connectivity index (χ4v) is 3.74. The molecule has 0 aromatic heterocycles. The van der Waals surface area contributed by atoms with Gasteiger partial charge in [-0.05, 0) is 19.4 Å². The van der Waals surface area contributed by atoms with Crippen LogP contribution in [0.2, 0.25) is 0 Å². The van der Waals surface area contributed by atoms with Crippen LogP contribution in [0.5, 0.6) is 0 Å². The van der Waals surface area contributed by atoms with Gasteiger partial charge in [-0.25, -0.2) is 9.59 Å². The Morgan fingerprint density at radius 3 is 2.54 bits per heavy atom. The molecule has 0 fully saturated rings. The quantitative estimate of drug-likeness (QED) is 0.742. The Bertz CT molecular complexity index is 917. The van der Waals surface area contributed by atoms with E-state index in [-0.39, 0.29) is 29.4 Å². The largest absolute Gasteiger partial charge is 0.466 e. The van der Waals surface area contributed by atoms with Crippen LogP contribution in [-0.2, 0) is 34.0 Å². The van der Waals surface area contributed by atoms with Crippen LogP contribution < -0.4 is 11.1 Å². The predicted octanol–water partition coefficient (Wildman–Crippen LogP) is 1.87. The number of amides is 1. The highest BCUT2D eigenvalue weighted by molar-refractivity contribution is 6.21. The number of fused-ring (bicyclic) bond motifs is 2. The third-order valence-electron chi connectivity index (χ3n) is 4.77. The summed E-state index contributed by atoms with van der Waals surface area (Å²) in [6, 6.07) is 6.80. The fraction of sp³-hybridized carbons (Fsp3) is 0.350. The topological polar surface area (TPSA) is 117 Å². The standard InChI is InChI=1S/C20H22N2O6/c1-4-8-13-14(17(23)26-3)20(15(16(21)28-13)18(24)27-5-2)11-9-6-7-10-12(11)22-19(20)25/h6-7,9-10H,4-5,8,21H2,1-3H3,(H,22,25)/t20-/m1/s1. The molecule has 28 heavy (non-hydrogen) atoms. The minimum Gasteiger partial charge on any atom is -0.466 e. The minimum atomic E-state index is -1.80. The van der Waals surface area contributed by atoms with Crippen molar-refractivity contribution < 1.29 is 28.6 Å². The second-order valence-corrected chi connectivity index (χ2v) is 6.35. The summed E-state index contributed by atoms with van der Waals surface area (Å²) in [4.78, 5) is 39.0. The molecule has 2 aliphatic heterocycles. The number of anilines is 1. The molecule has 0 saturated heterocycles. The number of nitrogens with two attached hydrogens (primary N) is 1. The van der Waals surface area contributed by atoms with Crippen molar-refractivity contribution in [1.29, 1.82) is 0 Å². The molecule has 3 N–H and O–H groups in total. The van der Waals surface area contributed by atoms with E-state index in [1.807, 2.05) is 6.92 Å². The fourth-order valence-electron chi connectivity index (χ4n) is 3.74. The van der Waals surface area contributed by atoms with Crippen molar-refractivity contribution in [3.05, 3.63) is 52.6 Å². The normalized spacial score (nSPS) is 20.6. The number of hydrogen-bond acceptors (Lipinski definition) is 7. The second kappa shape index (κ2) is 7.38. The molecule has 1 amide bonds. The van der Waals surface area contributed by atoms with Gasteiger partial charge in [-0.1, -0.05) is 25.1 Å². The maximum absolute atomic E-state index is 13.3. The van der Waals surface area contributed by atoms with Crippen LogP contribution in [0.25, 0.3) is 0 Å². The first kappa shape index (κ1) is 19.5. The summed E-state index contributed by atoms with van der Waals surface area (Å²) < 4.78 is 15.8. The van der Waals surface area contributed by atoms with Gasteiger partial charge in [-0.3, -0.25) is 4.79 Å². The first-order valence-electron chi connectivity index (χ1n) is 9.01. The number of nitrogens with one attached hydrogen (secondary N) is 1. The van der Waals surface area contributed by atoms with Crippen LogP contribution in [-0.4, -0.2) is 31.6 Å². The number of methoxy groups -OCH3 is 1. The van der Waals surface area contributed by atoms with Crippen LogP contribution in [0.15, 0.2) is 47.1 Å². The van der Waals surface area contributed by atoms with Gasteiger partial charge in [-0.15, -0.1) is 0 Å². The summed E-state index contributed by atoms with van der Waals surface area (Å²) >= 11 is 0. The van der Waals surface area contributed by atoms with Gasteiger partial charge in [0, 0.05) is 17.7 Å². The summed E-state index contributed by atoms with van der Waals surface area (Å²) in [5, 5.41) is 2.74. The summed E-state index contributed by atoms with van der Waals surface area (Å²) in [7, 11) is 1.21. The van der Waals surface area contributed by atoms with E-state index in [0.717, 1.165) is 0 Å². The Labute approximate surface area is 162 Å². The predicted molar refractivity (Wildman–Crippen MR) is 99.6 cm³/mol. The highest BCUT2D eigenvalue weighted by Gasteiger charge is 2.61. The molecule has 1 aromatic rings. The van der Waals surface area contributed by atoms with Crippen LogP contribution in [0, 0.1) is 0 Å². The zero-order valence-corrected chi connectivity index (χ0v) is 16.0. The van der Waals surface area contributed by atoms with Crippen molar-refractivity contribution >= 4 is 23.5 Å². The summed E-state index contributed by atoms with van der Waals surface area (Å²) in [6.07, 6.45) is 0.954. The molecule has 0 radical (unpaired) electrons. The van der Waals surface area contributed by atoms with Gasteiger partial charge >= 0.3 is 11.9 Å². The molecular formula is C20H22N2O6. The van der Waals surface area contributed by atoms with Crippen molar-refractivity contribution in [3.8, 4) is 0 Å². The van der Waals surface area contributed by atoms with Crippen LogP contribution >= 0.6 is 0 Å². The number of esters is 2. The zero-order chi connectivity index (χ0) is 20.5. The lowest BCUT2D eigenvalue weighted by atomic mass is 9.67. The van der Waals surface area contributed by atoms with E-state index < -0.39 is 23.3 Å². The molecule has 2 aliphatic rings. The highest BCUT2D eigenvalue weighted by atomic mass is 16.5. The number of rotatable bonds is 5. The number of carbonyl (C=O) groups is 3. The summed E-state index contributed by atoms with van der Waals surface area (Å²) in [6.45, 7) is 3.59. The molecule has 8 heteroatoms. The van der Waals surface area contributed by atoms with E-state index in [2.05, 4.69) is 5.32 Å². The Balaban J connectivity index is 2.41. The van der Waals surface area contributed by atoms with E-state index >= 15 is 0 Å². The second-order valence-electron chi connectivity index (χ2n) is 6.35. The molecule has 0 aliphatic carbocycles. The number of ether oxygens (including phenoxy) is 3. The molecule has 1 aromatic carbocycles. The third kappa shape index (κ3) is 2.64. The van der Waals surface area contributed by atoms with Gasteiger partial charge < -0.3 is 25.3 Å². The first-order chi connectivity index (χ1) is 13.4. The molecular weight excluding hydrogens is 364 g/mol. The number of benzene rings is 1. The molecule has 0 unspecified atom stereocenters. The Hall–Kier alpha value is -3.29. The Kier molecular flexibility index (Phi) is 5.13. The summed E-state index contributed by atoms with van der Waals surface area (Å²) in [5.41, 5.74) is 4.91. The van der Waals surface area contributed by atoms with Gasteiger partial charge in [-0.2, -0.15) is 0 Å². The molecule has 0 saturated carbocycles. The van der Waals surface area contributed by atoms with Gasteiger partial charge in [0.05, 0.1) is 13.7 Å². The van der Waals surface area contributed by atoms with Gasteiger partial charge in [0.15, 0.2) is 0 Å². The van der Waals surface area contributed by atoms with Crippen LogP contribution in [0.3, 0.4) is 0 Å². The van der Waals surface area contributed by atoms with Crippen LogP contribution in [0.1, 0.15) is 32.3 Å². The summed E-state index contributed by atoms with van der Waals surface area (Å²) in [5.74, 6) is -2.25. The van der Waals surface area contributed by atoms with Crippen molar-refractivity contribution in [3.63, 3.8) is 0 Å². The SMILES string of the molecule is CCCC1=C(C(=O)OC)[C@@]2(C(=O)Nc3ccccc32)C(C(=O)OCC)=C(N)O1. The van der Waals surface area contributed by atoms with Gasteiger partial charge in [0.25, 0.3) is 0 Å². The highest BCUT2D eigenvalue weighted by Crippen LogP contribution is 2.52. The number of hydrogen-bond donors (Lipinski definition) is 2. The number of para-hydroxylation sites is 1. The molecule has 8 nitrogen and oxygen atoms in total. The molecule has 1 atom stereocenters. The number of allylic oxidation sites excluding steroid dienone is 1. The van der Waals surface area contributed by atoms with E-state index in [4.69, 9.17) is 19.9 Å². The minimum absolute atomic E-state index is 0.0587. The lowest BCUT2D eigenvalue weighted by Crippen LogP contribution is -2.48.